The minimum atomic E-state index is 0.712. The summed E-state index contributed by atoms with van der Waals surface area (Å²) in [5, 5.41) is 3.52. The Morgan fingerprint density at radius 2 is 2.14 bits per heavy atom. The van der Waals surface area contributed by atoms with Gasteiger partial charge in [0, 0.05) is 12.1 Å². The molecular formula is C12H26N2. The lowest BCUT2D eigenvalue weighted by atomic mass is 9.99. The first-order valence-corrected chi connectivity index (χ1v) is 6.25. The lowest BCUT2D eigenvalue weighted by Gasteiger charge is -2.36. The quantitative estimate of drug-likeness (QED) is 0.729. The van der Waals surface area contributed by atoms with Crippen molar-refractivity contribution in [2.75, 3.05) is 19.6 Å². The van der Waals surface area contributed by atoms with Crippen molar-refractivity contribution in [1.29, 1.82) is 0 Å². The smallest absolute Gasteiger partial charge is 0.0122 e. The molecule has 1 heterocycles. The second-order valence-corrected chi connectivity index (χ2v) is 4.52. The molecule has 1 aliphatic heterocycles. The summed E-state index contributed by atoms with van der Waals surface area (Å²) < 4.78 is 0. The molecule has 0 spiro atoms. The van der Waals surface area contributed by atoms with E-state index in [0.29, 0.717) is 6.04 Å². The van der Waals surface area contributed by atoms with Crippen LogP contribution >= 0.6 is 0 Å². The number of nitrogens with one attached hydrogen (secondary N) is 1. The van der Waals surface area contributed by atoms with Crippen molar-refractivity contribution in [2.24, 2.45) is 0 Å². The summed E-state index contributed by atoms with van der Waals surface area (Å²) in [6, 6.07) is 1.55. The highest BCUT2D eigenvalue weighted by atomic mass is 15.2. The molecule has 1 saturated heterocycles. The van der Waals surface area contributed by atoms with Crippen LogP contribution in [-0.2, 0) is 0 Å². The standard InChI is InChI=1S/C12H26N2/c1-4-6-9-14(5-2)12-7-8-13-11(3)10-12/h11-13H,4-10H2,1-3H3. The van der Waals surface area contributed by atoms with Gasteiger partial charge in [-0.05, 0) is 45.8 Å². The van der Waals surface area contributed by atoms with Gasteiger partial charge in [-0.2, -0.15) is 0 Å². The van der Waals surface area contributed by atoms with Crippen LogP contribution in [0.25, 0.3) is 0 Å². The predicted molar refractivity (Wildman–Crippen MR) is 62.6 cm³/mol. The molecule has 2 nitrogen and oxygen atoms in total. The molecule has 84 valence electrons. The zero-order chi connectivity index (χ0) is 10.4. The molecule has 1 rings (SSSR count). The summed E-state index contributed by atoms with van der Waals surface area (Å²) in [6.45, 7) is 10.6. The Balaban J connectivity index is 2.34. The van der Waals surface area contributed by atoms with Crippen LogP contribution in [0.15, 0.2) is 0 Å². The molecule has 1 fully saturated rings. The summed E-state index contributed by atoms with van der Waals surface area (Å²) in [7, 11) is 0. The normalized spacial score (nSPS) is 28.3. The third-order valence-corrected chi connectivity index (χ3v) is 3.32. The van der Waals surface area contributed by atoms with Crippen LogP contribution < -0.4 is 5.32 Å². The van der Waals surface area contributed by atoms with Crippen molar-refractivity contribution in [3.63, 3.8) is 0 Å². The lowest BCUT2D eigenvalue weighted by molar-refractivity contribution is 0.152. The summed E-state index contributed by atoms with van der Waals surface area (Å²) >= 11 is 0. The average molecular weight is 198 g/mol. The highest BCUT2D eigenvalue weighted by Crippen LogP contribution is 2.15. The molecule has 0 aromatic carbocycles. The fourth-order valence-electron chi connectivity index (χ4n) is 2.40. The molecule has 2 heteroatoms. The molecule has 0 bridgehead atoms. The maximum absolute atomic E-state index is 3.52. The van der Waals surface area contributed by atoms with Gasteiger partial charge in [0.1, 0.15) is 0 Å². The maximum atomic E-state index is 3.52. The van der Waals surface area contributed by atoms with E-state index >= 15 is 0 Å². The number of rotatable bonds is 5. The number of piperidine rings is 1. The number of unbranched alkanes of at least 4 members (excludes halogenated alkanes) is 1. The van der Waals surface area contributed by atoms with Gasteiger partial charge in [-0.3, -0.25) is 0 Å². The van der Waals surface area contributed by atoms with E-state index in [2.05, 4.69) is 31.0 Å². The van der Waals surface area contributed by atoms with Crippen LogP contribution in [0.1, 0.15) is 46.5 Å². The molecule has 0 aromatic rings. The van der Waals surface area contributed by atoms with E-state index < -0.39 is 0 Å². The minimum absolute atomic E-state index is 0.712. The van der Waals surface area contributed by atoms with E-state index in [0.717, 1.165) is 6.04 Å². The first kappa shape index (κ1) is 12.0. The molecule has 2 unspecified atom stereocenters. The first-order valence-electron chi connectivity index (χ1n) is 6.25. The van der Waals surface area contributed by atoms with E-state index in [1.54, 1.807) is 0 Å². The van der Waals surface area contributed by atoms with Crippen LogP contribution in [-0.4, -0.2) is 36.6 Å². The number of hydrogen-bond acceptors (Lipinski definition) is 2. The van der Waals surface area contributed by atoms with Crippen LogP contribution in [0.4, 0.5) is 0 Å². The van der Waals surface area contributed by atoms with Gasteiger partial charge in [0.05, 0.1) is 0 Å². The van der Waals surface area contributed by atoms with Gasteiger partial charge >= 0.3 is 0 Å². The van der Waals surface area contributed by atoms with Gasteiger partial charge in [0.15, 0.2) is 0 Å². The second kappa shape index (κ2) is 6.41. The Morgan fingerprint density at radius 1 is 1.36 bits per heavy atom. The molecule has 1 aliphatic rings. The SMILES string of the molecule is CCCCN(CC)C1CCNC(C)C1. The second-order valence-electron chi connectivity index (χ2n) is 4.52. The monoisotopic (exact) mass is 198 g/mol. The topological polar surface area (TPSA) is 15.3 Å². The Kier molecular flexibility index (Phi) is 5.49. The first-order chi connectivity index (χ1) is 6.77. The molecule has 0 aliphatic carbocycles. The fourth-order valence-corrected chi connectivity index (χ4v) is 2.40. The highest BCUT2D eigenvalue weighted by molar-refractivity contribution is 4.81. The number of hydrogen-bond donors (Lipinski definition) is 1. The van der Waals surface area contributed by atoms with E-state index in [1.165, 1.54) is 45.3 Å². The largest absolute Gasteiger partial charge is 0.314 e. The van der Waals surface area contributed by atoms with Crippen LogP contribution in [0.3, 0.4) is 0 Å². The van der Waals surface area contributed by atoms with Gasteiger partial charge in [0.25, 0.3) is 0 Å². The number of nitrogens with zero attached hydrogens (tertiary/aromatic N) is 1. The van der Waals surface area contributed by atoms with Crippen molar-refractivity contribution in [2.45, 2.75) is 58.5 Å². The molecule has 0 amide bonds. The molecule has 0 aromatic heterocycles. The van der Waals surface area contributed by atoms with Gasteiger partial charge in [-0.15, -0.1) is 0 Å². The summed E-state index contributed by atoms with van der Waals surface area (Å²) in [6.07, 6.45) is 5.34. The molecule has 2 atom stereocenters. The van der Waals surface area contributed by atoms with Gasteiger partial charge in [0.2, 0.25) is 0 Å². The molecule has 0 radical (unpaired) electrons. The van der Waals surface area contributed by atoms with Crippen LogP contribution in [0.2, 0.25) is 0 Å². The van der Waals surface area contributed by atoms with Gasteiger partial charge in [-0.1, -0.05) is 20.3 Å². The van der Waals surface area contributed by atoms with Crippen molar-refractivity contribution < 1.29 is 0 Å². The Bertz CT molecular complexity index is 147. The highest BCUT2D eigenvalue weighted by Gasteiger charge is 2.22. The molecular weight excluding hydrogens is 172 g/mol. The maximum Gasteiger partial charge on any atom is 0.0122 e. The van der Waals surface area contributed by atoms with Crippen LogP contribution in [0, 0.1) is 0 Å². The zero-order valence-electron chi connectivity index (χ0n) is 10.1. The minimum Gasteiger partial charge on any atom is -0.314 e. The summed E-state index contributed by atoms with van der Waals surface area (Å²) in [4.78, 5) is 2.67. The van der Waals surface area contributed by atoms with Gasteiger partial charge in [-0.25, -0.2) is 0 Å². The Hall–Kier alpha value is -0.0800. The molecule has 0 saturated carbocycles. The van der Waals surface area contributed by atoms with E-state index in [9.17, 15) is 0 Å². The van der Waals surface area contributed by atoms with Crippen molar-refractivity contribution in [3.05, 3.63) is 0 Å². The van der Waals surface area contributed by atoms with E-state index in [1.807, 2.05) is 0 Å². The van der Waals surface area contributed by atoms with Gasteiger partial charge < -0.3 is 10.2 Å². The fraction of sp³-hybridized carbons (Fsp3) is 1.00. The van der Waals surface area contributed by atoms with Crippen LogP contribution in [0.5, 0.6) is 0 Å². The predicted octanol–water partition coefficient (Wildman–Crippen LogP) is 2.25. The van der Waals surface area contributed by atoms with Crippen molar-refractivity contribution >= 4 is 0 Å². The zero-order valence-corrected chi connectivity index (χ0v) is 10.1. The third-order valence-electron chi connectivity index (χ3n) is 3.32. The Labute approximate surface area is 89.1 Å². The summed E-state index contributed by atoms with van der Waals surface area (Å²) in [5.74, 6) is 0. The Morgan fingerprint density at radius 3 is 2.71 bits per heavy atom. The summed E-state index contributed by atoms with van der Waals surface area (Å²) in [5.41, 5.74) is 0. The third kappa shape index (κ3) is 3.58. The molecule has 14 heavy (non-hydrogen) atoms. The van der Waals surface area contributed by atoms with E-state index in [4.69, 9.17) is 0 Å². The van der Waals surface area contributed by atoms with Crippen molar-refractivity contribution in [1.82, 2.24) is 10.2 Å². The lowest BCUT2D eigenvalue weighted by Crippen LogP contribution is -2.47. The van der Waals surface area contributed by atoms with Crippen molar-refractivity contribution in [3.8, 4) is 0 Å². The van der Waals surface area contributed by atoms with E-state index in [-0.39, 0.29) is 0 Å². The average Bonchev–Trinajstić information content (AvgIpc) is 2.19. The molecule has 1 N–H and O–H groups in total.